The number of rotatable bonds is 5. The van der Waals surface area contributed by atoms with Crippen LogP contribution in [0.15, 0.2) is 18.2 Å². The van der Waals surface area contributed by atoms with Crippen molar-refractivity contribution < 1.29 is 24.9 Å². The van der Waals surface area contributed by atoms with Crippen molar-refractivity contribution in [2.45, 2.75) is 12.5 Å². The molecule has 0 aliphatic heterocycles. The second kappa shape index (κ2) is 5.31. The van der Waals surface area contributed by atoms with Crippen LogP contribution >= 0.6 is 0 Å². The van der Waals surface area contributed by atoms with Gasteiger partial charge in [-0.15, -0.1) is 0 Å². The number of carbonyl (C=O) groups is 2. The maximum absolute atomic E-state index is 10.8. The molecule has 6 nitrogen and oxygen atoms in total. The van der Waals surface area contributed by atoms with Crippen molar-refractivity contribution in [3.05, 3.63) is 29.3 Å². The van der Waals surface area contributed by atoms with Gasteiger partial charge in [-0.3, -0.25) is 4.79 Å². The minimum atomic E-state index is -1.25. The molecule has 0 unspecified atom stereocenters. The lowest BCUT2D eigenvalue weighted by Crippen LogP contribution is -2.35. The fourth-order valence-electron chi connectivity index (χ4n) is 1.43. The Morgan fingerprint density at radius 1 is 1.35 bits per heavy atom. The van der Waals surface area contributed by atoms with Crippen LogP contribution < -0.4 is 5.32 Å². The summed E-state index contributed by atoms with van der Waals surface area (Å²) in [5.41, 5.74) is 0.296. The van der Waals surface area contributed by atoms with Crippen LogP contribution in [0.4, 0.5) is 0 Å². The van der Waals surface area contributed by atoms with Gasteiger partial charge in [-0.1, -0.05) is 6.07 Å². The fourth-order valence-corrected chi connectivity index (χ4v) is 1.43. The van der Waals surface area contributed by atoms with Gasteiger partial charge >= 0.3 is 11.9 Å². The molecule has 0 aliphatic carbocycles. The SMILES string of the molecule is CN[C@@H](Cc1ccc(O)c(C(=O)O)c1)C(=O)O. The molecule has 0 spiro atoms. The van der Waals surface area contributed by atoms with Crippen LogP contribution in [0.3, 0.4) is 0 Å². The maximum atomic E-state index is 10.8. The molecule has 0 bridgehead atoms. The van der Waals surface area contributed by atoms with Crippen molar-refractivity contribution in [3.8, 4) is 5.75 Å². The van der Waals surface area contributed by atoms with Gasteiger partial charge in [0.25, 0.3) is 0 Å². The number of carboxylic acid groups (broad SMARTS) is 2. The first-order valence-electron chi connectivity index (χ1n) is 4.91. The van der Waals surface area contributed by atoms with E-state index >= 15 is 0 Å². The van der Waals surface area contributed by atoms with Crippen LogP contribution in [0, 0.1) is 0 Å². The summed E-state index contributed by atoms with van der Waals surface area (Å²) in [7, 11) is 1.51. The number of aliphatic carboxylic acids is 1. The van der Waals surface area contributed by atoms with Crippen molar-refractivity contribution in [2.75, 3.05) is 7.05 Å². The standard InChI is InChI=1S/C11H13NO5/c1-12-8(11(16)17)5-6-2-3-9(13)7(4-6)10(14)15/h2-4,8,12-13H,5H2,1H3,(H,14,15)(H,16,17)/t8-/m0/s1. The summed E-state index contributed by atoms with van der Waals surface area (Å²) in [5, 5.41) is 29.5. The summed E-state index contributed by atoms with van der Waals surface area (Å²) in [6.45, 7) is 0. The lowest BCUT2D eigenvalue weighted by molar-refractivity contribution is -0.139. The molecule has 0 saturated carbocycles. The van der Waals surface area contributed by atoms with Crippen LogP contribution in [0.25, 0.3) is 0 Å². The zero-order chi connectivity index (χ0) is 13.0. The fraction of sp³-hybridized carbons (Fsp3) is 0.273. The van der Waals surface area contributed by atoms with E-state index in [2.05, 4.69) is 5.32 Å². The van der Waals surface area contributed by atoms with Crippen molar-refractivity contribution in [2.24, 2.45) is 0 Å². The molecule has 0 heterocycles. The Kier molecular flexibility index (Phi) is 4.06. The number of benzene rings is 1. The Hall–Kier alpha value is -2.08. The predicted octanol–water partition coefficient (Wildman–Crippen LogP) is 0.305. The summed E-state index contributed by atoms with van der Waals surface area (Å²) in [6, 6.07) is 3.22. The van der Waals surface area contributed by atoms with Crippen molar-refractivity contribution in [3.63, 3.8) is 0 Å². The molecule has 0 radical (unpaired) electrons. The molecule has 0 amide bonds. The molecule has 0 aromatic heterocycles. The van der Waals surface area contributed by atoms with E-state index in [9.17, 15) is 14.7 Å². The van der Waals surface area contributed by atoms with E-state index in [1.807, 2.05) is 0 Å². The number of aromatic carboxylic acids is 1. The van der Waals surface area contributed by atoms with Gasteiger partial charge < -0.3 is 20.6 Å². The number of hydrogen-bond acceptors (Lipinski definition) is 4. The Morgan fingerprint density at radius 2 is 2.00 bits per heavy atom. The molecule has 4 N–H and O–H groups in total. The smallest absolute Gasteiger partial charge is 0.339 e. The van der Waals surface area contributed by atoms with Crippen LogP contribution in [-0.4, -0.2) is 40.3 Å². The van der Waals surface area contributed by atoms with Gasteiger partial charge in [-0.25, -0.2) is 4.79 Å². The second-order valence-electron chi connectivity index (χ2n) is 3.54. The number of hydrogen-bond donors (Lipinski definition) is 4. The lowest BCUT2D eigenvalue weighted by atomic mass is 10.0. The number of likely N-dealkylation sites (N-methyl/N-ethyl adjacent to an activating group) is 1. The highest BCUT2D eigenvalue weighted by molar-refractivity contribution is 5.91. The average molecular weight is 239 g/mol. The van der Waals surface area contributed by atoms with E-state index < -0.39 is 18.0 Å². The van der Waals surface area contributed by atoms with E-state index in [1.54, 1.807) is 0 Å². The molecule has 17 heavy (non-hydrogen) atoms. The third-order valence-electron chi connectivity index (χ3n) is 2.38. The van der Waals surface area contributed by atoms with Crippen LogP contribution in [0.2, 0.25) is 0 Å². The molecular weight excluding hydrogens is 226 g/mol. The van der Waals surface area contributed by atoms with Crippen molar-refractivity contribution >= 4 is 11.9 Å². The zero-order valence-electron chi connectivity index (χ0n) is 9.17. The molecule has 0 saturated heterocycles. The Balaban J connectivity index is 2.96. The number of aromatic hydroxyl groups is 1. The Labute approximate surface area is 97.5 Å². The second-order valence-corrected chi connectivity index (χ2v) is 3.54. The summed E-state index contributed by atoms with van der Waals surface area (Å²) in [5.74, 6) is -2.60. The molecule has 1 rings (SSSR count). The summed E-state index contributed by atoms with van der Waals surface area (Å²) in [6.07, 6.45) is 0.145. The minimum Gasteiger partial charge on any atom is -0.507 e. The van der Waals surface area contributed by atoms with E-state index in [0.717, 1.165) is 0 Å². The van der Waals surface area contributed by atoms with Gasteiger partial charge in [0, 0.05) is 0 Å². The van der Waals surface area contributed by atoms with E-state index in [0.29, 0.717) is 5.56 Å². The largest absolute Gasteiger partial charge is 0.507 e. The maximum Gasteiger partial charge on any atom is 0.339 e. The van der Waals surface area contributed by atoms with Gasteiger partial charge in [-0.05, 0) is 31.2 Å². The molecular formula is C11H13NO5. The monoisotopic (exact) mass is 239 g/mol. The number of carboxylic acids is 2. The average Bonchev–Trinajstić information content (AvgIpc) is 2.27. The van der Waals surface area contributed by atoms with Gasteiger partial charge in [0.2, 0.25) is 0 Å². The highest BCUT2D eigenvalue weighted by Gasteiger charge is 2.17. The molecule has 0 fully saturated rings. The van der Waals surface area contributed by atoms with Crippen LogP contribution in [-0.2, 0) is 11.2 Å². The number of nitrogens with one attached hydrogen (secondary N) is 1. The lowest BCUT2D eigenvalue weighted by Gasteiger charge is -2.11. The molecule has 92 valence electrons. The molecule has 1 aromatic rings. The molecule has 1 aromatic carbocycles. The van der Waals surface area contributed by atoms with E-state index in [4.69, 9.17) is 10.2 Å². The molecule has 6 heteroatoms. The quantitative estimate of drug-likeness (QED) is 0.589. The normalized spacial score (nSPS) is 12.1. The van der Waals surface area contributed by atoms with Crippen molar-refractivity contribution in [1.29, 1.82) is 0 Å². The topological polar surface area (TPSA) is 107 Å². The summed E-state index contributed by atoms with van der Waals surface area (Å²) < 4.78 is 0. The number of phenols is 1. The first kappa shape index (κ1) is 13.0. The van der Waals surface area contributed by atoms with Gasteiger partial charge in [0.1, 0.15) is 17.4 Å². The summed E-state index contributed by atoms with van der Waals surface area (Å²) in [4.78, 5) is 21.6. The first-order valence-corrected chi connectivity index (χ1v) is 4.91. The first-order chi connectivity index (χ1) is 7.95. The highest BCUT2D eigenvalue weighted by atomic mass is 16.4. The van der Waals surface area contributed by atoms with Gasteiger partial charge in [0.15, 0.2) is 0 Å². The third-order valence-corrected chi connectivity index (χ3v) is 2.38. The third kappa shape index (κ3) is 3.18. The molecule has 1 atom stereocenters. The van der Waals surface area contributed by atoms with E-state index in [1.165, 1.54) is 25.2 Å². The van der Waals surface area contributed by atoms with E-state index in [-0.39, 0.29) is 17.7 Å². The summed E-state index contributed by atoms with van der Waals surface area (Å²) >= 11 is 0. The van der Waals surface area contributed by atoms with Crippen molar-refractivity contribution in [1.82, 2.24) is 5.32 Å². The van der Waals surface area contributed by atoms with Crippen LogP contribution in [0.5, 0.6) is 5.75 Å². The van der Waals surface area contributed by atoms with Gasteiger partial charge in [0.05, 0.1) is 0 Å². The van der Waals surface area contributed by atoms with Crippen LogP contribution in [0.1, 0.15) is 15.9 Å². The Morgan fingerprint density at radius 3 is 2.47 bits per heavy atom. The zero-order valence-corrected chi connectivity index (χ0v) is 9.17. The highest BCUT2D eigenvalue weighted by Crippen LogP contribution is 2.19. The van der Waals surface area contributed by atoms with Gasteiger partial charge in [-0.2, -0.15) is 0 Å². The Bertz CT molecular complexity index is 443. The predicted molar refractivity (Wildman–Crippen MR) is 59.3 cm³/mol. The minimum absolute atomic E-state index is 0.145. The molecule has 0 aliphatic rings.